The number of hydrogen-bond donors (Lipinski definition) is 2. The van der Waals surface area contributed by atoms with Crippen molar-refractivity contribution in [3.05, 3.63) is 59.6 Å². The van der Waals surface area contributed by atoms with E-state index >= 15 is 0 Å². The third-order valence-electron chi connectivity index (χ3n) is 6.36. The van der Waals surface area contributed by atoms with Gasteiger partial charge in [-0.25, -0.2) is 12.7 Å². The van der Waals surface area contributed by atoms with Crippen molar-refractivity contribution in [1.82, 2.24) is 14.3 Å². The number of anilines is 2. The summed E-state index contributed by atoms with van der Waals surface area (Å²) in [6.07, 6.45) is 10.9. The average Bonchev–Trinajstić information content (AvgIpc) is 3.30. The van der Waals surface area contributed by atoms with Crippen molar-refractivity contribution in [3.63, 3.8) is 0 Å². The van der Waals surface area contributed by atoms with Crippen LogP contribution in [-0.4, -0.2) is 41.0 Å². The standard InChI is InChI=1S/C25H29N5O2S/c1-17(2)33(31,32)30-12-9-19(10-13-30)4-5-20-15-27-16-21(14-26)25(20)29-23-6-7-24-22(18(23)3)8-11-28-24/h4-8,11,15-17,19,28H,9-10,12-13H2,1-3H3,(H,27,29). The van der Waals surface area contributed by atoms with Crippen LogP contribution in [0.3, 0.4) is 0 Å². The van der Waals surface area contributed by atoms with Gasteiger partial charge in [0.05, 0.1) is 16.5 Å². The van der Waals surface area contributed by atoms with Gasteiger partial charge in [0.1, 0.15) is 6.07 Å². The number of nitriles is 1. The number of piperidine rings is 1. The molecule has 0 bridgehead atoms. The first-order valence-corrected chi connectivity index (χ1v) is 12.7. The van der Waals surface area contributed by atoms with Gasteiger partial charge in [-0.05, 0) is 63.3 Å². The van der Waals surface area contributed by atoms with E-state index in [-0.39, 0.29) is 5.92 Å². The van der Waals surface area contributed by atoms with Crippen LogP contribution in [0.1, 0.15) is 43.4 Å². The number of H-pyrrole nitrogens is 1. The summed E-state index contributed by atoms with van der Waals surface area (Å²) in [4.78, 5) is 7.46. The number of nitrogens with one attached hydrogen (secondary N) is 2. The Labute approximate surface area is 195 Å². The molecule has 1 aliphatic heterocycles. The molecule has 0 atom stereocenters. The number of pyridine rings is 1. The molecular weight excluding hydrogens is 434 g/mol. The maximum atomic E-state index is 12.4. The third-order valence-corrected chi connectivity index (χ3v) is 8.64. The van der Waals surface area contributed by atoms with Crippen LogP contribution >= 0.6 is 0 Å². The lowest BCUT2D eigenvalue weighted by molar-refractivity contribution is 0.304. The Balaban J connectivity index is 1.55. The molecule has 3 heterocycles. The van der Waals surface area contributed by atoms with E-state index in [0.717, 1.165) is 46.2 Å². The maximum Gasteiger partial charge on any atom is 0.216 e. The Morgan fingerprint density at radius 3 is 2.70 bits per heavy atom. The van der Waals surface area contributed by atoms with E-state index in [0.29, 0.717) is 18.7 Å². The molecular formula is C25H29N5O2S. The van der Waals surface area contributed by atoms with Gasteiger partial charge in [0.2, 0.25) is 10.0 Å². The fourth-order valence-corrected chi connectivity index (χ4v) is 5.56. The van der Waals surface area contributed by atoms with Crippen molar-refractivity contribution in [2.75, 3.05) is 18.4 Å². The molecule has 33 heavy (non-hydrogen) atoms. The zero-order chi connectivity index (χ0) is 23.6. The smallest absolute Gasteiger partial charge is 0.216 e. The molecule has 0 saturated carbocycles. The van der Waals surface area contributed by atoms with E-state index in [4.69, 9.17) is 0 Å². The highest BCUT2D eigenvalue weighted by atomic mass is 32.2. The van der Waals surface area contributed by atoms with Crippen LogP contribution in [0.4, 0.5) is 11.4 Å². The monoisotopic (exact) mass is 463 g/mol. The average molecular weight is 464 g/mol. The molecule has 3 aromatic rings. The summed E-state index contributed by atoms with van der Waals surface area (Å²) in [5.41, 5.74) is 5.14. The number of hydrogen-bond acceptors (Lipinski definition) is 5. The normalized spacial score (nSPS) is 16.0. The van der Waals surface area contributed by atoms with Gasteiger partial charge in [0.15, 0.2) is 0 Å². The van der Waals surface area contributed by atoms with E-state index in [2.05, 4.69) is 34.4 Å². The minimum absolute atomic E-state index is 0.278. The van der Waals surface area contributed by atoms with Gasteiger partial charge in [-0.15, -0.1) is 0 Å². The highest BCUT2D eigenvalue weighted by molar-refractivity contribution is 7.89. The quantitative estimate of drug-likeness (QED) is 0.538. The lowest BCUT2D eigenvalue weighted by Crippen LogP contribution is -2.41. The summed E-state index contributed by atoms with van der Waals surface area (Å²) < 4.78 is 26.4. The minimum atomic E-state index is -3.21. The van der Waals surface area contributed by atoms with Crippen molar-refractivity contribution >= 4 is 38.4 Å². The summed E-state index contributed by atoms with van der Waals surface area (Å²) in [5.74, 6) is 0.278. The van der Waals surface area contributed by atoms with Gasteiger partial charge in [-0.1, -0.05) is 12.2 Å². The van der Waals surface area contributed by atoms with Crippen molar-refractivity contribution in [2.45, 2.75) is 38.9 Å². The molecule has 2 aromatic heterocycles. The molecule has 0 spiro atoms. The van der Waals surface area contributed by atoms with Crippen LogP contribution in [0.5, 0.6) is 0 Å². The number of benzene rings is 1. The predicted octanol–water partition coefficient (Wildman–Crippen LogP) is 4.95. The summed E-state index contributed by atoms with van der Waals surface area (Å²) in [6.45, 7) is 6.57. The highest BCUT2D eigenvalue weighted by Gasteiger charge is 2.29. The number of aromatic amines is 1. The van der Waals surface area contributed by atoms with Gasteiger partial charge in [0, 0.05) is 53.8 Å². The molecule has 1 aliphatic rings. The molecule has 0 unspecified atom stereocenters. The molecule has 2 N–H and O–H groups in total. The Morgan fingerprint density at radius 1 is 1.24 bits per heavy atom. The SMILES string of the molecule is Cc1c(Nc2c(C#N)cncc2C=CC2CCN(S(=O)(=O)C(C)C)CC2)ccc2[nH]ccc12. The maximum absolute atomic E-state index is 12.4. The molecule has 0 radical (unpaired) electrons. The molecule has 1 fully saturated rings. The van der Waals surface area contributed by atoms with Crippen LogP contribution < -0.4 is 5.32 Å². The number of nitrogens with zero attached hydrogens (tertiary/aromatic N) is 3. The molecule has 1 saturated heterocycles. The predicted molar refractivity (Wildman–Crippen MR) is 133 cm³/mol. The van der Waals surface area contributed by atoms with Crippen molar-refractivity contribution in [3.8, 4) is 6.07 Å². The van der Waals surface area contributed by atoms with E-state index in [1.54, 1.807) is 30.5 Å². The Morgan fingerprint density at radius 2 is 2.00 bits per heavy atom. The first-order chi connectivity index (χ1) is 15.8. The Bertz CT molecular complexity index is 1330. The van der Waals surface area contributed by atoms with E-state index in [1.807, 2.05) is 30.5 Å². The number of rotatable bonds is 6. The van der Waals surface area contributed by atoms with Crippen molar-refractivity contribution in [1.29, 1.82) is 5.26 Å². The number of allylic oxidation sites excluding steroid dienone is 1. The summed E-state index contributed by atoms with van der Waals surface area (Å²) in [5, 5.41) is 13.9. The van der Waals surface area contributed by atoms with Crippen LogP contribution in [0.25, 0.3) is 17.0 Å². The summed E-state index contributed by atoms with van der Waals surface area (Å²) >= 11 is 0. The molecule has 1 aromatic carbocycles. The second-order valence-corrected chi connectivity index (χ2v) is 11.2. The zero-order valence-corrected chi connectivity index (χ0v) is 20.0. The lowest BCUT2D eigenvalue weighted by Gasteiger charge is -2.31. The summed E-state index contributed by atoms with van der Waals surface area (Å²) in [6, 6.07) is 8.31. The van der Waals surface area contributed by atoms with Crippen LogP contribution in [-0.2, 0) is 10.0 Å². The summed E-state index contributed by atoms with van der Waals surface area (Å²) in [7, 11) is -3.21. The molecule has 0 aliphatic carbocycles. The molecule has 7 nitrogen and oxygen atoms in total. The van der Waals surface area contributed by atoms with Gasteiger partial charge < -0.3 is 10.3 Å². The Hall–Kier alpha value is -3.15. The Kier molecular flexibility index (Phi) is 6.54. The second-order valence-electron chi connectivity index (χ2n) is 8.75. The fourth-order valence-electron chi connectivity index (χ4n) is 4.24. The van der Waals surface area contributed by atoms with Crippen LogP contribution in [0.15, 0.2) is 42.9 Å². The molecule has 0 amide bonds. The number of fused-ring (bicyclic) bond motifs is 1. The highest BCUT2D eigenvalue weighted by Crippen LogP contribution is 2.31. The second kappa shape index (κ2) is 9.38. The molecule has 4 rings (SSSR count). The van der Waals surface area contributed by atoms with Gasteiger partial charge >= 0.3 is 0 Å². The van der Waals surface area contributed by atoms with E-state index < -0.39 is 15.3 Å². The number of sulfonamides is 1. The molecule has 8 heteroatoms. The first kappa shape index (κ1) is 23.0. The van der Waals surface area contributed by atoms with Gasteiger partial charge in [-0.3, -0.25) is 4.98 Å². The third kappa shape index (κ3) is 4.65. The minimum Gasteiger partial charge on any atom is -0.361 e. The fraction of sp³-hybridized carbons (Fsp3) is 0.360. The van der Waals surface area contributed by atoms with Crippen LogP contribution in [0, 0.1) is 24.2 Å². The zero-order valence-electron chi connectivity index (χ0n) is 19.2. The van der Waals surface area contributed by atoms with Crippen LogP contribution in [0.2, 0.25) is 0 Å². The largest absolute Gasteiger partial charge is 0.361 e. The van der Waals surface area contributed by atoms with E-state index in [1.165, 1.54) is 0 Å². The number of aromatic nitrogens is 2. The van der Waals surface area contributed by atoms with Gasteiger partial charge in [-0.2, -0.15) is 5.26 Å². The van der Waals surface area contributed by atoms with E-state index in [9.17, 15) is 13.7 Å². The lowest BCUT2D eigenvalue weighted by atomic mass is 9.96. The van der Waals surface area contributed by atoms with Crippen molar-refractivity contribution in [2.24, 2.45) is 5.92 Å². The molecule has 172 valence electrons. The van der Waals surface area contributed by atoms with Gasteiger partial charge in [0.25, 0.3) is 0 Å². The first-order valence-electron chi connectivity index (χ1n) is 11.2. The van der Waals surface area contributed by atoms with Crippen molar-refractivity contribution < 1.29 is 8.42 Å². The topological polar surface area (TPSA) is 102 Å². The number of aryl methyl sites for hydroxylation is 1.